The molecule has 0 aromatic rings. The van der Waals surface area contributed by atoms with Crippen molar-refractivity contribution in [2.24, 2.45) is 80.8 Å². The van der Waals surface area contributed by atoms with Gasteiger partial charge in [0.25, 0.3) is 0 Å². The summed E-state index contributed by atoms with van der Waals surface area (Å²) in [6.07, 6.45) is 33.7. The highest BCUT2D eigenvalue weighted by Crippen LogP contribution is 2.69. The van der Waals surface area contributed by atoms with Gasteiger partial charge in [-0.1, -0.05) is 89.3 Å². The molecule has 0 saturated heterocycles. The normalized spacial score (nSPS) is 45.9. The maximum atomic E-state index is 10.2. The van der Waals surface area contributed by atoms with E-state index in [4.69, 9.17) is 0 Å². The van der Waals surface area contributed by atoms with Gasteiger partial charge in [-0.05, 0) is 231 Å². The highest BCUT2D eigenvalue weighted by Gasteiger charge is 2.60. The zero-order valence-corrected chi connectivity index (χ0v) is 38.9. The van der Waals surface area contributed by atoms with Crippen molar-refractivity contribution in [1.29, 1.82) is 0 Å². The molecule has 0 heterocycles. The van der Waals surface area contributed by atoms with Crippen LogP contribution in [-0.2, 0) is 0 Å². The Balaban J connectivity index is 0.000000174. The van der Waals surface area contributed by atoms with Gasteiger partial charge in [-0.25, -0.2) is 0 Å². The first-order valence-electron chi connectivity index (χ1n) is 24.9. The van der Waals surface area contributed by atoms with Gasteiger partial charge in [0.1, 0.15) is 0 Å². The number of hydrogen-bond acceptors (Lipinski definition) is 3. The molecular weight excluding hydrogens is 697 g/mol. The molecule has 8 aliphatic carbocycles. The Bertz CT molecular complexity index is 1490. The van der Waals surface area contributed by atoms with E-state index in [1.807, 2.05) is 13.8 Å². The first kappa shape index (κ1) is 44.2. The van der Waals surface area contributed by atoms with Crippen LogP contribution in [0.15, 0.2) is 34.9 Å². The van der Waals surface area contributed by atoms with E-state index in [1.165, 1.54) is 102 Å². The van der Waals surface area contributed by atoms with Gasteiger partial charge < -0.3 is 15.3 Å². The molecule has 0 aliphatic heterocycles. The predicted octanol–water partition coefficient (Wildman–Crippen LogP) is 13.8. The summed E-state index contributed by atoms with van der Waals surface area (Å²) in [6, 6.07) is 0. The predicted molar refractivity (Wildman–Crippen MR) is 240 cm³/mol. The van der Waals surface area contributed by atoms with Gasteiger partial charge >= 0.3 is 0 Å². The van der Waals surface area contributed by atoms with E-state index >= 15 is 0 Å². The van der Waals surface area contributed by atoms with Crippen LogP contribution in [0.5, 0.6) is 0 Å². The van der Waals surface area contributed by atoms with Gasteiger partial charge in [-0.3, -0.25) is 0 Å². The van der Waals surface area contributed by atoms with Gasteiger partial charge in [-0.2, -0.15) is 0 Å². The van der Waals surface area contributed by atoms with E-state index in [0.717, 1.165) is 97.7 Å². The number of aliphatic hydroxyl groups is 3. The highest BCUT2D eigenvalue weighted by molar-refractivity contribution is 5.27. The molecule has 6 fully saturated rings. The quantitative estimate of drug-likeness (QED) is 0.204. The van der Waals surface area contributed by atoms with E-state index in [0.29, 0.717) is 21.7 Å². The molecule has 0 amide bonds. The van der Waals surface area contributed by atoms with Crippen LogP contribution in [0.2, 0.25) is 0 Å². The smallest absolute Gasteiger partial charge is 0.0591 e. The van der Waals surface area contributed by atoms with Gasteiger partial charge in [0.05, 0.1) is 17.8 Å². The van der Waals surface area contributed by atoms with E-state index < -0.39 is 5.60 Å². The molecule has 3 N–H and O–H groups in total. The molecule has 0 bridgehead atoms. The summed E-state index contributed by atoms with van der Waals surface area (Å²) < 4.78 is 0. The van der Waals surface area contributed by atoms with Crippen LogP contribution in [0, 0.1) is 80.8 Å². The lowest BCUT2D eigenvalue weighted by atomic mass is 9.47. The second-order valence-electron chi connectivity index (χ2n) is 24.3. The number of fused-ring (bicyclic) bond motifs is 10. The molecule has 3 heteroatoms. The van der Waals surface area contributed by atoms with Crippen molar-refractivity contribution >= 4 is 0 Å². The standard InChI is InChI=1S/C27H46O2.C27H44O/c1-18(7-6-14-25(2,3)29)22-10-11-23-21-9-8-19-17-20(28)12-15-26(19,4)24(21)13-16-27(22,23)5;1-18(2)7-6-8-19(3)23-11-12-24-22-10-9-20-17-21(28)13-15-26(20,4)25(22)14-16-27(23,24)5/h8,18,20-24,28-29H,6-7,9-17H2,1-5H3;7,9,19,21-25,28H,6,8,10-17H2,1-5H3/t18-,20+,21?,22-,23?,24?,26+,27-;19-,21+,22?,23-,24?,25?,26+,27-/m11/s1. The monoisotopic (exact) mass is 787 g/mol. The Morgan fingerprint density at radius 2 is 1.12 bits per heavy atom. The molecule has 57 heavy (non-hydrogen) atoms. The van der Waals surface area contributed by atoms with Crippen molar-refractivity contribution in [1.82, 2.24) is 0 Å². The lowest BCUT2D eigenvalue weighted by Crippen LogP contribution is -2.50. The minimum Gasteiger partial charge on any atom is -0.393 e. The molecule has 16 atom stereocenters. The van der Waals surface area contributed by atoms with Crippen molar-refractivity contribution in [3.8, 4) is 0 Å². The molecule has 0 spiro atoms. The van der Waals surface area contributed by atoms with Crippen LogP contribution < -0.4 is 0 Å². The Labute approximate surface area is 351 Å². The Kier molecular flexibility index (Phi) is 13.0. The number of aliphatic hydroxyl groups excluding tert-OH is 2. The van der Waals surface area contributed by atoms with Crippen LogP contribution in [-0.4, -0.2) is 33.1 Å². The summed E-state index contributed by atoms with van der Waals surface area (Å²) in [5.74, 6) is 8.74. The maximum Gasteiger partial charge on any atom is 0.0591 e. The van der Waals surface area contributed by atoms with Gasteiger partial charge in [0.2, 0.25) is 0 Å². The third-order valence-electron chi connectivity index (χ3n) is 20.3. The summed E-state index contributed by atoms with van der Waals surface area (Å²) in [7, 11) is 0. The number of rotatable bonds is 9. The summed E-state index contributed by atoms with van der Waals surface area (Å²) >= 11 is 0. The second kappa shape index (κ2) is 16.8. The molecule has 0 radical (unpaired) electrons. The fraction of sp³-hybridized carbons (Fsp3) is 0.889. The van der Waals surface area contributed by atoms with E-state index in [1.54, 1.807) is 11.1 Å². The fourth-order valence-electron chi connectivity index (χ4n) is 17.1. The Morgan fingerprint density at radius 1 is 0.667 bits per heavy atom. The third-order valence-corrected chi connectivity index (χ3v) is 20.3. The maximum absolute atomic E-state index is 10.2. The third kappa shape index (κ3) is 8.39. The van der Waals surface area contributed by atoms with Crippen LogP contribution >= 0.6 is 0 Å². The second-order valence-corrected chi connectivity index (χ2v) is 24.3. The van der Waals surface area contributed by atoms with Crippen molar-refractivity contribution < 1.29 is 15.3 Å². The molecule has 0 aromatic carbocycles. The Morgan fingerprint density at radius 3 is 1.56 bits per heavy atom. The number of allylic oxidation sites excluding steroid dienone is 4. The zero-order chi connectivity index (χ0) is 41.1. The minimum absolute atomic E-state index is 0.0813. The topological polar surface area (TPSA) is 60.7 Å². The van der Waals surface area contributed by atoms with Gasteiger partial charge in [-0.15, -0.1) is 0 Å². The Hall–Kier alpha value is -0.900. The first-order chi connectivity index (χ1) is 26.8. The lowest BCUT2D eigenvalue weighted by Gasteiger charge is -2.58. The molecule has 6 saturated carbocycles. The van der Waals surface area contributed by atoms with Crippen molar-refractivity contribution in [3.63, 3.8) is 0 Å². The molecule has 6 unspecified atom stereocenters. The van der Waals surface area contributed by atoms with E-state index in [2.05, 4.69) is 73.6 Å². The summed E-state index contributed by atoms with van der Waals surface area (Å²) in [5, 5.41) is 30.5. The zero-order valence-electron chi connectivity index (χ0n) is 38.9. The van der Waals surface area contributed by atoms with E-state index in [9.17, 15) is 15.3 Å². The summed E-state index contributed by atoms with van der Waals surface area (Å²) in [4.78, 5) is 0. The van der Waals surface area contributed by atoms with Gasteiger partial charge in [0, 0.05) is 0 Å². The van der Waals surface area contributed by atoms with Crippen molar-refractivity contribution in [2.75, 3.05) is 0 Å². The van der Waals surface area contributed by atoms with Crippen LogP contribution in [0.4, 0.5) is 0 Å². The molecular formula is C54H90O3. The van der Waals surface area contributed by atoms with E-state index in [-0.39, 0.29) is 12.2 Å². The van der Waals surface area contributed by atoms with Crippen molar-refractivity contribution in [3.05, 3.63) is 34.9 Å². The fourth-order valence-corrected chi connectivity index (χ4v) is 17.1. The number of hydrogen-bond donors (Lipinski definition) is 3. The van der Waals surface area contributed by atoms with Crippen LogP contribution in [0.1, 0.15) is 204 Å². The van der Waals surface area contributed by atoms with Crippen LogP contribution in [0.3, 0.4) is 0 Å². The van der Waals surface area contributed by atoms with Gasteiger partial charge in [0.15, 0.2) is 0 Å². The average Bonchev–Trinajstić information content (AvgIpc) is 3.68. The molecule has 0 aromatic heterocycles. The largest absolute Gasteiger partial charge is 0.393 e. The average molecular weight is 787 g/mol. The SMILES string of the molecule is CC(C)=CCC[C@@H](C)[C@H]1CCC2C3CC=C4C[C@@H](O)CC[C@]4(C)C3CC[C@@]21C.C[C@H](CCCC(C)(C)O)[C@H]1CCC2C3CC=C4C[C@@H](O)CC[C@]4(C)C3CC[C@@]21C. The lowest BCUT2D eigenvalue weighted by molar-refractivity contribution is -0.0575. The molecule has 8 rings (SSSR count). The van der Waals surface area contributed by atoms with Crippen LogP contribution in [0.25, 0.3) is 0 Å². The summed E-state index contributed by atoms with van der Waals surface area (Å²) in [5.41, 5.74) is 5.99. The summed E-state index contributed by atoms with van der Waals surface area (Å²) in [6.45, 7) is 23.8. The molecule has 324 valence electrons. The first-order valence-corrected chi connectivity index (χ1v) is 24.9. The minimum atomic E-state index is -0.519. The molecule has 3 nitrogen and oxygen atoms in total. The van der Waals surface area contributed by atoms with Crippen molar-refractivity contribution in [2.45, 2.75) is 222 Å². The highest BCUT2D eigenvalue weighted by atomic mass is 16.3. The molecule has 8 aliphatic rings.